The molecule has 1 atom stereocenters. The third-order valence-corrected chi connectivity index (χ3v) is 3.99. The Labute approximate surface area is 97.8 Å². The number of nitrogens with zero attached hydrogens (tertiary/aromatic N) is 2. The summed E-state index contributed by atoms with van der Waals surface area (Å²) in [5.74, 6) is 0.632. The largest absolute Gasteiger partial charge is 0.326 e. The highest BCUT2D eigenvalue weighted by Gasteiger charge is 2.29. The molecule has 2 fully saturated rings. The van der Waals surface area contributed by atoms with Crippen molar-refractivity contribution in [3.05, 3.63) is 0 Å². The van der Waals surface area contributed by atoms with E-state index in [2.05, 4.69) is 0 Å². The fourth-order valence-electron chi connectivity index (χ4n) is 2.84. The summed E-state index contributed by atoms with van der Waals surface area (Å²) in [5, 5.41) is 0. The van der Waals surface area contributed by atoms with E-state index in [4.69, 9.17) is 5.73 Å². The van der Waals surface area contributed by atoms with Crippen LogP contribution in [0.25, 0.3) is 0 Å². The molecule has 1 aliphatic carbocycles. The van der Waals surface area contributed by atoms with Gasteiger partial charge < -0.3 is 15.5 Å². The molecule has 1 heterocycles. The van der Waals surface area contributed by atoms with Crippen molar-refractivity contribution in [3.63, 3.8) is 0 Å². The van der Waals surface area contributed by atoms with Crippen LogP contribution in [0.2, 0.25) is 0 Å². The second kappa shape index (κ2) is 5.04. The van der Waals surface area contributed by atoms with Crippen molar-refractivity contribution in [1.29, 1.82) is 0 Å². The first-order valence-electron chi connectivity index (χ1n) is 6.44. The van der Waals surface area contributed by atoms with E-state index in [9.17, 15) is 4.79 Å². The molecule has 2 amide bonds. The molecule has 92 valence electrons. The van der Waals surface area contributed by atoms with Crippen LogP contribution in [-0.2, 0) is 0 Å². The Balaban J connectivity index is 1.82. The standard InChI is InChI=1S/C12H23N3O/c1-14-7-8-15(12(14)16)9-11(13)10-5-3-2-4-6-10/h10-11H,2-9,13H2,1H3. The average molecular weight is 225 g/mol. The molecule has 2 N–H and O–H groups in total. The fourth-order valence-corrected chi connectivity index (χ4v) is 2.84. The highest BCUT2D eigenvalue weighted by Crippen LogP contribution is 2.26. The lowest BCUT2D eigenvalue weighted by Crippen LogP contribution is -2.44. The first kappa shape index (κ1) is 11.7. The van der Waals surface area contributed by atoms with E-state index in [-0.39, 0.29) is 12.1 Å². The van der Waals surface area contributed by atoms with Gasteiger partial charge in [-0.15, -0.1) is 0 Å². The van der Waals surface area contributed by atoms with Crippen LogP contribution in [0, 0.1) is 5.92 Å². The first-order chi connectivity index (χ1) is 7.68. The summed E-state index contributed by atoms with van der Waals surface area (Å²) >= 11 is 0. The summed E-state index contributed by atoms with van der Waals surface area (Å²) in [5.41, 5.74) is 6.22. The Morgan fingerprint density at radius 3 is 2.56 bits per heavy atom. The van der Waals surface area contributed by atoms with Gasteiger partial charge in [-0.2, -0.15) is 0 Å². The van der Waals surface area contributed by atoms with Crippen LogP contribution >= 0.6 is 0 Å². The Morgan fingerprint density at radius 2 is 2.00 bits per heavy atom. The minimum atomic E-state index is 0.145. The molecular weight excluding hydrogens is 202 g/mol. The minimum Gasteiger partial charge on any atom is -0.326 e. The van der Waals surface area contributed by atoms with Gasteiger partial charge >= 0.3 is 6.03 Å². The summed E-state index contributed by atoms with van der Waals surface area (Å²) in [6, 6.07) is 0.321. The monoisotopic (exact) mass is 225 g/mol. The number of carbonyl (C=O) groups is 1. The molecular formula is C12H23N3O. The molecule has 0 aromatic heterocycles. The number of urea groups is 1. The van der Waals surface area contributed by atoms with Crippen molar-refractivity contribution in [2.75, 3.05) is 26.7 Å². The van der Waals surface area contributed by atoms with Crippen LogP contribution in [0.4, 0.5) is 4.79 Å². The van der Waals surface area contributed by atoms with Crippen molar-refractivity contribution in [2.45, 2.75) is 38.1 Å². The number of hydrogen-bond donors (Lipinski definition) is 1. The quantitative estimate of drug-likeness (QED) is 0.786. The summed E-state index contributed by atoms with van der Waals surface area (Å²) in [6.45, 7) is 2.43. The Morgan fingerprint density at radius 1 is 1.31 bits per heavy atom. The number of hydrogen-bond acceptors (Lipinski definition) is 2. The number of likely N-dealkylation sites (N-methyl/N-ethyl adjacent to an activating group) is 1. The molecule has 1 unspecified atom stereocenters. The van der Waals surface area contributed by atoms with Crippen molar-refractivity contribution < 1.29 is 4.79 Å². The van der Waals surface area contributed by atoms with Gasteiger partial charge in [0.2, 0.25) is 0 Å². The van der Waals surface area contributed by atoms with Crippen molar-refractivity contribution in [2.24, 2.45) is 11.7 Å². The topological polar surface area (TPSA) is 49.6 Å². The zero-order valence-corrected chi connectivity index (χ0v) is 10.2. The van der Waals surface area contributed by atoms with Gasteiger partial charge in [0.05, 0.1) is 0 Å². The molecule has 1 aliphatic heterocycles. The molecule has 1 saturated carbocycles. The van der Waals surface area contributed by atoms with Crippen LogP contribution in [0.3, 0.4) is 0 Å². The first-order valence-corrected chi connectivity index (χ1v) is 6.44. The Kier molecular flexibility index (Phi) is 3.69. The van der Waals surface area contributed by atoms with Crippen molar-refractivity contribution >= 4 is 6.03 Å². The van der Waals surface area contributed by atoms with E-state index >= 15 is 0 Å². The molecule has 0 radical (unpaired) electrons. The Bertz CT molecular complexity index is 251. The fraction of sp³-hybridized carbons (Fsp3) is 0.917. The van der Waals surface area contributed by atoms with Gasteiger partial charge in [0, 0.05) is 32.7 Å². The second-order valence-electron chi connectivity index (χ2n) is 5.21. The third kappa shape index (κ3) is 2.48. The van der Waals surface area contributed by atoms with E-state index in [0.717, 1.165) is 19.6 Å². The minimum absolute atomic E-state index is 0.145. The number of carbonyl (C=O) groups excluding carboxylic acids is 1. The highest BCUT2D eigenvalue weighted by atomic mass is 16.2. The highest BCUT2D eigenvalue weighted by molar-refractivity contribution is 5.76. The van der Waals surface area contributed by atoms with Crippen LogP contribution in [0.5, 0.6) is 0 Å². The van der Waals surface area contributed by atoms with Gasteiger partial charge in [0.1, 0.15) is 0 Å². The van der Waals surface area contributed by atoms with Gasteiger partial charge in [0.15, 0.2) is 0 Å². The second-order valence-corrected chi connectivity index (χ2v) is 5.21. The van der Waals surface area contributed by atoms with Gasteiger partial charge in [-0.05, 0) is 18.8 Å². The van der Waals surface area contributed by atoms with E-state index in [1.54, 1.807) is 4.90 Å². The molecule has 0 aromatic carbocycles. The maximum absolute atomic E-state index is 11.7. The zero-order chi connectivity index (χ0) is 11.5. The lowest BCUT2D eigenvalue weighted by molar-refractivity contribution is 0.187. The third-order valence-electron chi connectivity index (χ3n) is 3.99. The molecule has 16 heavy (non-hydrogen) atoms. The average Bonchev–Trinajstić information content (AvgIpc) is 2.62. The van der Waals surface area contributed by atoms with Crippen molar-refractivity contribution in [1.82, 2.24) is 9.80 Å². The molecule has 4 nitrogen and oxygen atoms in total. The molecule has 0 aromatic rings. The van der Waals surface area contributed by atoms with Crippen LogP contribution in [0.1, 0.15) is 32.1 Å². The van der Waals surface area contributed by atoms with Gasteiger partial charge in [-0.3, -0.25) is 0 Å². The lowest BCUT2D eigenvalue weighted by Gasteiger charge is -2.30. The molecule has 2 rings (SSSR count). The summed E-state index contributed by atoms with van der Waals surface area (Å²) in [7, 11) is 1.86. The molecule has 1 saturated heterocycles. The van der Waals surface area contributed by atoms with E-state index in [1.165, 1.54) is 32.1 Å². The van der Waals surface area contributed by atoms with Gasteiger partial charge in [-0.25, -0.2) is 4.79 Å². The SMILES string of the molecule is CN1CCN(CC(N)C2CCCCC2)C1=O. The zero-order valence-electron chi connectivity index (χ0n) is 10.2. The van der Waals surface area contributed by atoms with E-state index in [0.29, 0.717) is 5.92 Å². The van der Waals surface area contributed by atoms with Crippen LogP contribution < -0.4 is 5.73 Å². The van der Waals surface area contributed by atoms with Crippen LogP contribution in [0.15, 0.2) is 0 Å². The molecule has 0 spiro atoms. The maximum atomic E-state index is 11.7. The summed E-state index contributed by atoms with van der Waals surface area (Å²) < 4.78 is 0. The summed E-state index contributed by atoms with van der Waals surface area (Å²) in [4.78, 5) is 15.4. The normalized spacial score (nSPS) is 25.2. The van der Waals surface area contributed by atoms with Crippen LogP contribution in [-0.4, -0.2) is 48.6 Å². The predicted octanol–water partition coefficient (Wildman–Crippen LogP) is 1.26. The van der Waals surface area contributed by atoms with E-state index < -0.39 is 0 Å². The van der Waals surface area contributed by atoms with E-state index in [1.807, 2.05) is 11.9 Å². The molecule has 0 bridgehead atoms. The van der Waals surface area contributed by atoms with Gasteiger partial charge in [-0.1, -0.05) is 19.3 Å². The van der Waals surface area contributed by atoms with Crippen molar-refractivity contribution in [3.8, 4) is 0 Å². The number of amides is 2. The molecule has 4 heteroatoms. The lowest BCUT2D eigenvalue weighted by atomic mass is 9.84. The Hall–Kier alpha value is -0.770. The smallest absolute Gasteiger partial charge is 0.319 e. The number of rotatable bonds is 3. The predicted molar refractivity (Wildman–Crippen MR) is 64.1 cm³/mol. The number of nitrogens with two attached hydrogens (primary N) is 1. The molecule has 2 aliphatic rings. The van der Waals surface area contributed by atoms with Gasteiger partial charge in [0.25, 0.3) is 0 Å². The summed E-state index contributed by atoms with van der Waals surface area (Å²) in [6.07, 6.45) is 6.48. The maximum Gasteiger partial charge on any atom is 0.319 e.